The summed E-state index contributed by atoms with van der Waals surface area (Å²) in [6, 6.07) is 8.88. The number of methoxy groups -OCH3 is 1. The van der Waals surface area contributed by atoms with E-state index in [9.17, 15) is 0 Å². The Morgan fingerprint density at radius 3 is 2.94 bits per heavy atom. The van der Waals surface area contributed by atoms with Crippen LogP contribution in [0.3, 0.4) is 0 Å². The molecule has 100 valence electrons. The van der Waals surface area contributed by atoms with Crippen LogP contribution in [0.4, 0.5) is 0 Å². The first-order valence-electron chi connectivity index (χ1n) is 6.83. The van der Waals surface area contributed by atoms with E-state index >= 15 is 0 Å². The third-order valence-electron chi connectivity index (χ3n) is 3.73. The van der Waals surface area contributed by atoms with Gasteiger partial charge in [0.2, 0.25) is 0 Å². The highest BCUT2D eigenvalue weighted by Gasteiger charge is 2.14. The molecule has 0 spiro atoms. The van der Waals surface area contributed by atoms with Gasteiger partial charge in [-0.15, -0.1) is 0 Å². The van der Waals surface area contributed by atoms with E-state index < -0.39 is 0 Å². The van der Waals surface area contributed by atoms with Crippen molar-refractivity contribution in [1.29, 1.82) is 0 Å². The van der Waals surface area contributed by atoms with Gasteiger partial charge in [0.25, 0.3) is 0 Å². The van der Waals surface area contributed by atoms with Gasteiger partial charge in [0.15, 0.2) is 0 Å². The van der Waals surface area contributed by atoms with Crippen LogP contribution in [0, 0.1) is 0 Å². The minimum Gasteiger partial charge on any atom is -0.496 e. The summed E-state index contributed by atoms with van der Waals surface area (Å²) in [6.45, 7) is 3.33. The molecule has 2 rings (SSSR count). The van der Waals surface area contributed by atoms with E-state index in [4.69, 9.17) is 4.74 Å². The summed E-state index contributed by atoms with van der Waals surface area (Å²) in [5.74, 6) is 0.982. The Morgan fingerprint density at radius 1 is 1.28 bits per heavy atom. The Kier molecular flexibility index (Phi) is 5.02. The van der Waals surface area contributed by atoms with Crippen molar-refractivity contribution >= 4 is 0 Å². The van der Waals surface area contributed by atoms with E-state index in [0.717, 1.165) is 12.3 Å². The summed E-state index contributed by atoms with van der Waals surface area (Å²) in [5, 5.41) is 3.67. The molecule has 1 fully saturated rings. The number of hydrogen-bond donors (Lipinski definition) is 1. The van der Waals surface area contributed by atoms with Gasteiger partial charge >= 0.3 is 0 Å². The molecule has 1 N–H and O–H groups in total. The maximum atomic E-state index is 5.38. The zero-order valence-corrected chi connectivity index (χ0v) is 11.5. The van der Waals surface area contributed by atoms with Crippen LogP contribution in [-0.2, 0) is 6.54 Å². The molecule has 0 aliphatic carbocycles. The van der Waals surface area contributed by atoms with Gasteiger partial charge in [-0.1, -0.05) is 18.2 Å². The van der Waals surface area contributed by atoms with Gasteiger partial charge in [-0.25, -0.2) is 0 Å². The van der Waals surface area contributed by atoms with Crippen LogP contribution >= 0.6 is 0 Å². The second-order valence-corrected chi connectivity index (χ2v) is 5.12. The number of likely N-dealkylation sites (tertiary alicyclic amines) is 1. The van der Waals surface area contributed by atoms with E-state index in [2.05, 4.69) is 29.4 Å². The van der Waals surface area contributed by atoms with Crippen LogP contribution in [0.2, 0.25) is 0 Å². The molecule has 1 aromatic rings. The van der Waals surface area contributed by atoms with Crippen LogP contribution < -0.4 is 10.1 Å². The van der Waals surface area contributed by atoms with Crippen molar-refractivity contribution < 1.29 is 4.74 Å². The molecule has 1 saturated heterocycles. The topological polar surface area (TPSA) is 24.5 Å². The molecule has 1 heterocycles. The van der Waals surface area contributed by atoms with Gasteiger partial charge in [0.05, 0.1) is 7.11 Å². The summed E-state index contributed by atoms with van der Waals surface area (Å²) >= 11 is 0. The van der Waals surface area contributed by atoms with Crippen LogP contribution in [0.5, 0.6) is 5.75 Å². The van der Waals surface area contributed by atoms with Crippen molar-refractivity contribution in [2.24, 2.45) is 0 Å². The van der Waals surface area contributed by atoms with E-state index in [1.54, 1.807) is 7.11 Å². The predicted octanol–water partition coefficient (Wildman–Crippen LogP) is 2.27. The van der Waals surface area contributed by atoms with Crippen molar-refractivity contribution in [3.63, 3.8) is 0 Å². The first-order chi connectivity index (χ1) is 8.79. The molecule has 3 heteroatoms. The summed E-state index contributed by atoms with van der Waals surface area (Å²) < 4.78 is 5.38. The third kappa shape index (κ3) is 3.72. The average Bonchev–Trinajstić information content (AvgIpc) is 2.61. The quantitative estimate of drug-likeness (QED) is 0.884. The molecule has 0 bridgehead atoms. The number of nitrogens with one attached hydrogen (secondary N) is 1. The fourth-order valence-corrected chi connectivity index (χ4v) is 2.55. The second-order valence-electron chi connectivity index (χ2n) is 5.12. The zero-order valence-electron chi connectivity index (χ0n) is 11.5. The van der Waals surface area contributed by atoms with Gasteiger partial charge in [-0.2, -0.15) is 0 Å². The number of para-hydroxylation sites is 1. The average molecular weight is 248 g/mol. The third-order valence-corrected chi connectivity index (χ3v) is 3.73. The summed E-state index contributed by atoms with van der Waals surface area (Å²) in [5.41, 5.74) is 1.25. The molecular formula is C15H24N2O. The van der Waals surface area contributed by atoms with Crippen LogP contribution in [0.1, 0.15) is 24.8 Å². The predicted molar refractivity (Wildman–Crippen MR) is 75.0 cm³/mol. The fourth-order valence-electron chi connectivity index (χ4n) is 2.55. The number of nitrogens with zero attached hydrogens (tertiary/aromatic N) is 1. The largest absolute Gasteiger partial charge is 0.496 e. The van der Waals surface area contributed by atoms with E-state index in [1.807, 2.05) is 12.1 Å². The lowest BCUT2D eigenvalue weighted by Crippen LogP contribution is -2.29. The first-order valence-corrected chi connectivity index (χ1v) is 6.83. The molecule has 1 aliphatic rings. The maximum Gasteiger partial charge on any atom is 0.123 e. The molecule has 1 unspecified atom stereocenters. The number of benzene rings is 1. The summed E-state index contributed by atoms with van der Waals surface area (Å²) in [4.78, 5) is 2.42. The van der Waals surface area contributed by atoms with Gasteiger partial charge in [0.1, 0.15) is 5.75 Å². The van der Waals surface area contributed by atoms with E-state index in [0.29, 0.717) is 6.04 Å². The smallest absolute Gasteiger partial charge is 0.123 e. The normalized spacial score (nSPS) is 21.6. The van der Waals surface area contributed by atoms with Crippen LogP contribution in [0.25, 0.3) is 0 Å². The minimum absolute atomic E-state index is 0.639. The maximum absolute atomic E-state index is 5.38. The molecule has 1 aromatic carbocycles. The Labute approximate surface area is 110 Å². The Balaban J connectivity index is 1.87. The highest BCUT2D eigenvalue weighted by atomic mass is 16.5. The monoisotopic (exact) mass is 248 g/mol. The minimum atomic E-state index is 0.639. The van der Waals surface area contributed by atoms with Crippen molar-refractivity contribution in [2.45, 2.75) is 31.8 Å². The van der Waals surface area contributed by atoms with Crippen molar-refractivity contribution in [3.8, 4) is 5.75 Å². The highest BCUT2D eigenvalue weighted by molar-refractivity contribution is 5.33. The van der Waals surface area contributed by atoms with E-state index in [-0.39, 0.29) is 0 Å². The zero-order chi connectivity index (χ0) is 12.8. The van der Waals surface area contributed by atoms with Gasteiger partial charge in [-0.3, -0.25) is 0 Å². The molecule has 0 saturated carbocycles. The molecular weight excluding hydrogens is 224 g/mol. The lowest BCUT2D eigenvalue weighted by atomic mass is 10.1. The number of hydrogen-bond acceptors (Lipinski definition) is 3. The second kappa shape index (κ2) is 6.76. The summed E-state index contributed by atoms with van der Waals surface area (Å²) in [6.07, 6.45) is 3.81. The molecule has 1 aliphatic heterocycles. The molecule has 0 amide bonds. The Morgan fingerprint density at radius 2 is 2.11 bits per heavy atom. The van der Waals surface area contributed by atoms with Crippen LogP contribution in [0.15, 0.2) is 24.3 Å². The molecule has 0 radical (unpaired) electrons. The Bertz CT molecular complexity index is 367. The van der Waals surface area contributed by atoms with Gasteiger partial charge < -0.3 is 15.0 Å². The lowest BCUT2D eigenvalue weighted by molar-refractivity contribution is 0.343. The van der Waals surface area contributed by atoms with Crippen molar-refractivity contribution in [2.75, 3.05) is 27.2 Å². The SMILES string of the molecule is COc1ccccc1CNC1CCCN(C)CC1. The number of ether oxygens (including phenoxy) is 1. The standard InChI is InChI=1S/C15H24N2O/c1-17-10-5-7-14(9-11-17)16-12-13-6-3-4-8-15(13)18-2/h3-4,6,8,14,16H,5,7,9-12H2,1-2H3. The fraction of sp³-hybridized carbons (Fsp3) is 0.600. The lowest BCUT2D eigenvalue weighted by Gasteiger charge is -2.17. The highest BCUT2D eigenvalue weighted by Crippen LogP contribution is 2.18. The summed E-state index contributed by atoms with van der Waals surface area (Å²) in [7, 11) is 3.95. The molecule has 18 heavy (non-hydrogen) atoms. The van der Waals surface area contributed by atoms with Crippen molar-refractivity contribution in [3.05, 3.63) is 29.8 Å². The van der Waals surface area contributed by atoms with Crippen molar-refractivity contribution in [1.82, 2.24) is 10.2 Å². The molecule has 3 nitrogen and oxygen atoms in total. The van der Waals surface area contributed by atoms with Crippen LogP contribution in [-0.4, -0.2) is 38.2 Å². The molecule has 1 atom stereocenters. The van der Waals surface area contributed by atoms with Gasteiger partial charge in [0, 0.05) is 18.2 Å². The first kappa shape index (κ1) is 13.4. The Hall–Kier alpha value is -1.06. The molecule has 0 aromatic heterocycles. The van der Waals surface area contributed by atoms with E-state index in [1.165, 1.54) is 37.9 Å². The van der Waals surface area contributed by atoms with Gasteiger partial charge in [-0.05, 0) is 45.5 Å². The number of rotatable bonds is 4.